The predicted octanol–water partition coefficient (Wildman–Crippen LogP) is 3.60. The van der Waals surface area contributed by atoms with Crippen LogP contribution < -0.4 is 0 Å². The predicted molar refractivity (Wildman–Crippen MR) is 77.9 cm³/mol. The van der Waals surface area contributed by atoms with Crippen LogP contribution in [0.15, 0.2) is 10.3 Å². The van der Waals surface area contributed by atoms with E-state index in [1.54, 1.807) is 7.05 Å². The van der Waals surface area contributed by atoms with Crippen LogP contribution in [-0.2, 0) is 15.9 Å². The van der Waals surface area contributed by atoms with Crippen molar-refractivity contribution in [3.8, 4) is 0 Å². The van der Waals surface area contributed by atoms with Gasteiger partial charge in [0.05, 0.1) is 5.88 Å². The van der Waals surface area contributed by atoms with Gasteiger partial charge in [-0.05, 0) is 31.2 Å². The summed E-state index contributed by atoms with van der Waals surface area (Å²) >= 11 is 7.23. The Labute approximate surface area is 119 Å². The number of hydrogen-bond acceptors (Lipinski definition) is 3. The number of thiophene rings is 1. The number of alkyl halides is 1. The number of nitrogens with zero attached hydrogens (tertiary/aromatic N) is 1. The summed E-state index contributed by atoms with van der Waals surface area (Å²) in [5.41, 5.74) is 0.784. The number of rotatable bonds is 6. The van der Waals surface area contributed by atoms with Crippen molar-refractivity contribution in [3.05, 3.63) is 15.8 Å². The van der Waals surface area contributed by atoms with Crippen LogP contribution in [0.1, 0.15) is 37.1 Å². The van der Waals surface area contributed by atoms with Gasteiger partial charge in [0.25, 0.3) is 0 Å². The Balaban J connectivity index is 3.17. The van der Waals surface area contributed by atoms with Gasteiger partial charge in [0, 0.05) is 18.0 Å². The van der Waals surface area contributed by atoms with Gasteiger partial charge in [-0.1, -0.05) is 13.3 Å². The molecule has 1 atom stereocenters. The highest BCUT2D eigenvalue weighted by molar-refractivity contribution is 7.89. The summed E-state index contributed by atoms with van der Waals surface area (Å²) in [7, 11) is -1.79. The normalized spacial score (nSPS) is 14.1. The molecular formula is C12H20ClNO2S2. The summed E-state index contributed by atoms with van der Waals surface area (Å²) in [6.07, 6.45) is 1.82. The topological polar surface area (TPSA) is 37.4 Å². The minimum Gasteiger partial charge on any atom is -0.207 e. The monoisotopic (exact) mass is 309 g/mol. The lowest BCUT2D eigenvalue weighted by Crippen LogP contribution is -2.35. The van der Waals surface area contributed by atoms with Crippen molar-refractivity contribution < 1.29 is 8.42 Å². The van der Waals surface area contributed by atoms with E-state index in [-0.39, 0.29) is 11.9 Å². The third-order valence-electron chi connectivity index (χ3n) is 3.07. The van der Waals surface area contributed by atoms with Gasteiger partial charge >= 0.3 is 0 Å². The fraction of sp³-hybridized carbons (Fsp3) is 0.667. The maximum absolute atomic E-state index is 12.6. The Bertz CT molecular complexity index is 496. The second-order valence-corrected chi connectivity index (χ2v) is 7.63. The van der Waals surface area contributed by atoms with Crippen molar-refractivity contribution >= 4 is 33.0 Å². The molecule has 0 saturated heterocycles. The standard InChI is InChI=1S/C12H20ClNO2S2/c1-5-6-10(3)14(4)18(15,16)12-9(2)8-17-11(12)7-13/h8,10H,5-7H2,1-4H3. The molecule has 0 amide bonds. The molecule has 0 fully saturated rings. The fourth-order valence-corrected chi connectivity index (χ4v) is 5.30. The lowest BCUT2D eigenvalue weighted by atomic mass is 10.2. The van der Waals surface area contributed by atoms with E-state index in [4.69, 9.17) is 11.6 Å². The third-order valence-corrected chi connectivity index (χ3v) is 6.94. The average molecular weight is 310 g/mol. The Morgan fingerprint density at radius 3 is 2.61 bits per heavy atom. The molecule has 1 unspecified atom stereocenters. The molecule has 0 bridgehead atoms. The van der Waals surface area contributed by atoms with Crippen molar-refractivity contribution in [1.82, 2.24) is 4.31 Å². The highest BCUT2D eigenvalue weighted by Gasteiger charge is 2.29. The van der Waals surface area contributed by atoms with Crippen LogP contribution in [0.4, 0.5) is 0 Å². The number of halogens is 1. The van der Waals surface area contributed by atoms with Crippen LogP contribution >= 0.6 is 22.9 Å². The van der Waals surface area contributed by atoms with Gasteiger partial charge in [-0.15, -0.1) is 22.9 Å². The summed E-state index contributed by atoms with van der Waals surface area (Å²) in [6, 6.07) is 0.00229. The molecule has 1 aromatic rings. The van der Waals surface area contributed by atoms with Crippen LogP contribution in [-0.4, -0.2) is 25.8 Å². The first-order valence-corrected chi connectivity index (χ1v) is 8.82. The van der Waals surface area contributed by atoms with Gasteiger partial charge in [-0.2, -0.15) is 4.31 Å². The fourth-order valence-electron chi connectivity index (χ4n) is 1.91. The minimum atomic E-state index is -3.43. The third kappa shape index (κ3) is 3.07. The molecule has 1 rings (SSSR count). The van der Waals surface area contributed by atoms with E-state index >= 15 is 0 Å². The molecular weight excluding hydrogens is 290 g/mol. The Hall–Kier alpha value is -0.100. The molecule has 0 aliphatic heterocycles. The van der Waals surface area contributed by atoms with Gasteiger partial charge < -0.3 is 0 Å². The van der Waals surface area contributed by atoms with Crippen LogP contribution in [0, 0.1) is 6.92 Å². The molecule has 6 heteroatoms. The quantitative estimate of drug-likeness (QED) is 0.753. The van der Waals surface area contributed by atoms with Crippen LogP contribution in [0.2, 0.25) is 0 Å². The van der Waals surface area contributed by atoms with Gasteiger partial charge in [0.1, 0.15) is 4.90 Å². The van der Waals surface area contributed by atoms with Crippen molar-refractivity contribution in [2.45, 2.75) is 50.4 Å². The van der Waals surface area contributed by atoms with Gasteiger partial charge in [-0.25, -0.2) is 8.42 Å². The molecule has 0 N–H and O–H groups in total. The summed E-state index contributed by atoms with van der Waals surface area (Å²) in [4.78, 5) is 1.12. The molecule has 0 saturated carbocycles. The molecule has 0 aliphatic rings. The summed E-state index contributed by atoms with van der Waals surface area (Å²) < 4.78 is 26.6. The highest BCUT2D eigenvalue weighted by Crippen LogP contribution is 2.31. The smallest absolute Gasteiger partial charge is 0.207 e. The Morgan fingerprint density at radius 2 is 2.11 bits per heavy atom. The zero-order valence-electron chi connectivity index (χ0n) is 11.2. The molecule has 0 aromatic carbocycles. The van der Waals surface area contributed by atoms with Gasteiger partial charge in [-0.3, -0.25) is 0 Å². The first-order valence-electron chi connectivity index (χ1n) is 5.97. The molecule has 1 aromatic heterocycles. The SMILES string of the molecule is CCCC(C)N(C)S(=O)(=O)c1c(C)csc1CCl. The van der Waals surface area contributed by atoms with Crippen molar-refractivity contribution in [1.29, 1.82) is 0 Å². The van der Waals surface area contributed by atoms with Crippen molar-refractivity contribution in [2.75, 3.05) is 7.05 Å². The first-order chi connectivity index (χ1) is 8.36. The van der Waals surface area contributed by atoms with E-state index < -0.39 is 10.0 Å². The lowest BCUT2D eigenvalue weighted by Gasteiger charge is -2.24. The molecule has 0 radical (unpaired) electrons. The minimum absolute atomic E-state index is 0.00229. The Morgan fingerprint density at radius 1 is 1.50 bits per heavy atom. The Kier molecular flexibility index (Phi) is 5.65. The van der Waals surface area contributed by atoms with E-state index in [0.717, 1.165) is 23.3 Å². The van der Waals surface area contributed by atoms with Crippen molar-refractivity contribution in [2.24, 2.45) is 0 Å². The van der Waals surface area contributed by atoms with Crippen molar-refractivity contribution in [3.63, 3.8) is 0 Å². The van der Waals surface area contributed by atoms with Crippen LogP contribution in [0.5, 0.6) is 0 Å². The van der Waals surface area contributed by atoms with E-state index in [1.807, 2.05) is 19.2 Å². The van der Waals surface area contributed by atoms with Crippen LogP contribution in [0.25, 0.3) is 0 Å². The van der Waals surface area contributed by atoms with Gasteiger partial charge in [0.15, 0.2) is 0 Å². The number of aryl methyl sites for hydroxylation is 1. The second kappa shape index (κ2) is 6.37. The van der Waals surface area contributed by atoms with E-state index in [2.05, 4.69) is 6.92 Å². The number of hydrogen-bond donors (Lipinski definition) is 0. The maximum atomic E-state index is 12.6. The zero-order chi connectivity index (χ0) is 13.9. The molecule has 0 spiro atoms. The van der Waals surface area contributed by atoms with E-state index in [0.29, 0.717) is 4.90 Å². The lowest BCUT2D eigenvalue weighted by molar-refractivity contribution is 0.368. The largest absolute Gasteiger partial charge is 0.244 e. The molecule has 18 heavy (non-hydrogen) atoms. The number of sulfonamides is 1. The molecule has 1 heterocycles. The average Bonchev–Trinajstić information content (AvgIpc) is 2.70. The maximum Gasteiger partial charge on any atom is 0.244 e. The zero-order valence-corrected chi connectivity index (χ0v) is 13.6. The van der Waals surface area contributed by atoms with E-state index in [9.17, 15) is 8.42 Å². The second-order valence-electron chi connectivity index (χ2n) is 4.46. The summed E-state index contributed by atoms with van der Waals surface area (Å²) in [6.45, 7) is 5.80. The molecule has 3 nitrogen and oxygen atoms in total. The summed E-state index contributed by atoms with van der Waals surface area (Å²) in [5.74, 6) is 0.239. The van der Waals surface area contributed by atoms with E-state index in [1.165, 1.54) is 15.6 Å². The van der Waals surface area contributed by atoms with Crippen LogP contribution in [0.3, 0.4) is 0 Å². The first kappa shape index (κ1) is 16.0. The molecule has 104 valence electrons. The summed E-state index contributed by atoms with van der Waals surface area (Å²) in [5, 5.41) is 1.85. The molecule has 0 aliphatic carbocycles. The van der Waals surface area contributed by atoms with Gasteiger partial charge in [0.2, 0.25) is 10.0 Å². The highest BCUT2D eigenvalue weighted by atomic mass is 35.5.